The van der Waals surface area contributed by atoms with E-state index in [9.17, 15) is 18.0 Å². The molecule has 1 heterocycles. The van der Waals surface area contributed by atoms with E-state index in [2.05, 4.69) is 5.32 Å². The molecule has 2 aromatic carbocycles. The van der Waals surface area contributed by atoms with Crippen molar-refractivity contribution in [2.24, 2.45) is 0 Å². The van der Waals surface area contributed by atoms with Crippen LogP contribution in [0.4, 0.5) is 5.69 Å². The van der Waals surface area contributed by atoms with E-state index in [1.807, 2.05) is 0 Å². The Morgan fingerprint density at radius 1 is 1.10 bits per heavy atom. The van der Waals surface area contributed by atoms with Crippen LogP contribution in [0.15, 0.2) is 42.5 Å². The molecule has 0 spiro atoms. The predicted molar refractivity (Wildman–Crippen MR) is 120 cm³/mol. The van der Waals surface area contributed by atoms with Gasteiger partial charge in [-0.15, -0.1) is 0 Å². The Morgan fingerprint density at radius 2 is 1.77 bits per heavy atom. The fourth-order valence-corrected chi connectivity index (χ4v) is 5.37. The minimum atomic E-state index is -3.30. The highest BCUT2D eigenvalue weighted by atomic mass is 35.5. The third kappa shape index (κ3) is 5.50. The molecule has 0 aromatic heterocycles. The van der Waals surface area contributed by atoms with Gasteiger partial charge in [-0.2, -0.15) is 0 Å². The highest BCUT2D eigenvalue weighted by molar-refractivity contribution is 7.93. The molecule has 1 amide bonds. The van der Waals surface area contributed by atoms with Gasteiger partial charge in [0.15, 0.2) is 6.10 Å². The van der Waals surface area contributed by atoms with Crippen molar-refractivity contribution in [1.29, 1.82) is 0 Å². The number of amides is 1. The van der Waals surface area contributed by atoms with Crippen LogP contribution in [0.2, 0.25) is 10.0 Å². The zero-order chi connectivity index (χ0) is 22.8. The Morgan fingerprint density at radius 3 is 2.35 bits per heavy atom. The van der Waals surface area contributed by atoms with Crippen molar-refractivity contribution in [2.75, 3.05) is 16.6 Å². The van der Waals surface area contributed by atoms with Gasteiger partial charge in [-0.1, -0.05) is 29.3 Å². The highest BCUT2D eigenvalue weighted by Gasteiger charge is 2.28. The zero-order valence-corrected chi connectivity index (χ0v) is 19.3. The topological polar surface area (TPSA) is 92.8 Å². The van der Waals surface area contributed by atoms with Crippen LogP contribution in [0.1, 0.15) is 42.2 Å². The molecule has 3 rings (SSSR count). The lowest BCUT2D eigenvalue weighted by Gasteiger charge is -2.19. The van der Waals surface area contributed by atoms with Crippen LogP contribution < -0.4 is 9.62 Å². The lowest BCUT2D eigenvalue weighted by Crippen LogP contribution is -2.37. The van der Waals surface area contributed by atoms with Gasteiger partial charge in [0, 0.05) is 16.6 Å². The number of halogens is 2. The van der Waals surface area contributed by atoms with E-state index in [0.29, 0.717) is 34.3 Å². The van der Waals surface area contributed by atoms with Crippen molar-refractivity contribution in [3.8, 4) is 0 Å². The minimum absolute atomic E-state index is 0.114. The van der Waals surface area contributed by atoms with Crippen LogP contribution in [0.3, 0.4) is 0 Å². The average Bonchev–Trinajstić information content (AvgIpc) is 3.06. The molecule has 1 aliphatic rings. The minimum Gasteiger partial charge on any atom is -0.449 e. The molecule has 0 saturated carbocycles. The maximum Gasteiger partial charge on any atom is 0.338 e. The molecule has 31 heavy (non-hydrogen) atoms. The number of anilines is 1. The third-order valence-corrected chi connectivity index (χ3v) is 7.36. The number of ether oxygens (including phenoxy) is 1. The van der Waals surface area contributed by atoms with Crippen LogP contribution in [0.25, 0.3) is 0 Å². The van der Waals surface area contributed by atoms with E-state index in [0.717, 1.165) is 0 Å². The number of hydrogen-bond acceptors (Lipinski definition) is 5. The second-order valence-corrected chi connectivity index (χ2v) is 10.1. The smallest absolute Gasteiger partial charge is 0.338 e. The Kier molecular flexibility index (Phi) is 7.13. The summed E-state index contributed by atoms with van der Waals surface area (Å²) in [5, 5.41) is 3.66. The lowest BCUT2D eigenvalue weighted by atomic mass is 10.1. The van der Waals surface area contributed by atoms with E-state index < -0.39 is 34.0 Å². The molecular weight excluding hydrogens is 463 g/mol. The second kappa shape index (κ2) is 9.46. The Balaban J connectivity index is 1.60. The SMILES string of the molecule is CC(OC(=O)c1ccc(N2CCCS2(=O)=O)cc1)C(=O)NC(C)c1ccc(Cl)cc1Cl. The maximum atomic E-state index is 12.4. The number of nitrogens with one attached hydrogen (secondary N) is 1. The normalized spacial score (nSPS) is 17.1. The molecular formula is C21H22Cl2N2O5S. The fraction of sp³-hybridized carbons (Fsp3) is 0.333. The first-order chi connectivity index (χ1) is 14.6. The van der Waals surface area contributed by atoms with E-state index in [4.69, 9.17) is 27.9 Å². The van der Waals surface area contributed by atoms with Gasteiger partial charge in [-0.05, 0) is 62.2 Å². The van der Waals surface area contributed by atoms with Gasteiger partial charge in [-0.3, -0.25) is 9.10 Å². The fourth-order valence-electron chi connectivity index (χ4n) is 3.24. The molecule has 2 unspecified atom stereocenters. The monoisotopic (exact) mass is 484 g/mol. The molecule has 0 bridgehead atoms. The number of esters is 1. The van der Waals surface area contributed by atoms with Crippen molar-refractivity contribution >= 4 is 50.8 Å². The van der Waals surface area contributed by atoms with E-state index in [1.54, 1.807) is 37.3 Å². The highest BCUT2D eigenvalue weighted by Crippen LogP contribution is 2.27. The van der Waals surface area contributed by atoms with Crippen molar-refractivity contribution in [2.45, 2.75) is 32.4 Å². The Bertz CT molecular complexity index is 1090. The summed E-state index contributed by atoms with van der Waals surface area (Å²) in [6, 6.07) is 10.6. The summed E-state index contributed by atoms with van der Waals surface area (Å²) in [5.74, 6) is -1.05. The molecule has 1 aliphatic heterocycles. The van der Waals surface area contributed by atoms with E-state index in [-0.39, 0.29) is 11.3 Å². The quantitative estimate of drug-likeness (QED) is 0.626. The lowest BCUT2D eigenvalue weighted by molar-refractivity contribution is -0.129. The van der Waals surface area contributed by atoms with Crippen molar-refractivity contribution in [3.05, 3.63) is 63.6 Å². The number of carbonyl (C=O) groups excluding carboxylic acids is 2. The summed E-state index contributed by atoms with van der Waals surface area (Å²) < 4.78 is 30.6. The average molecular weight is 485 g/mol. The molecule has 10 heteroatoms. The first kappa shape index (κ1) is 23.4. The third-order valence-electron chi connectivity index (χ3n) is 4.93. The van der Waals surface area contributed by atoms with Crippen molar-refractivity contribution < 1.29 is 22.7 Å². The number of carbonyl (C=O) groups is 2. The summed E-state index contributed by atoms with van der Waals surface area (Å²) in [6.45, 7) is 3.64. The van der Waals surface area contributed by atoms with Gasteiger partial charge in [0.1, 0.15) is 0 Å². The molecule has 166 valence electrons. The van der Waals surface area contributed by atoms with Gasteiger partial charge in [-0.25, -0.2) is 13.2 Å². The van der Waals surface area contributed by atoms with Crippen LogP contribution in [-0.2, 0) is 19.6 Å². The van der Waals surface area contributed by atoms with Crippen LogP contribution >= 0.6 is 23.2 Å². The molecule has 1 fully saturated rings. The summed E-state index contributed by atoms with van der Waals surface area (Å²) in [7, 11) is -3.30. The first-order valence-corrected chi connectivity index (χ1v) is 12.0. The number of hydrogen-bond donors (Lipinski definition) is 1. The summed E-state index contributed by atoms with van der Waals surface area (Å²) in [6.07, 6.45) is -0.474. The van der Waals surface area contributed by atoms with E-state index in [1.165, 1.54) is 23.4 Å². The summed E-state index contributed by atoms with van der Waals surface area (Å²) >= 11 is 12.1. The maximum absolute atomic E-state index is 12.4. The first-order valence-electron chi connectivity index (χ1n) is 9.65. The number of rotatable bonds is 6. The molecule has 1 N–H and O–H groups in total. The van der Waals surface area contributed by atoms with Crippen LogP contribution in [-0.4, -0.2) is 38.7 Å². The molecule has 0 aliphatic carbocycles. The number of nitrogens with zero attached hydrogens (tertiary/aromatic N) is 1. The zero-order valence-electron chi connectivity index (χ0n) is 17.0. The van der Waals surface area contributed by atoms with Gasteiger partial charge in [0.05, 0.1) is 23.0 Å². The van der Waals surface area contributed by atoms with Crippen molar-refractivity contribution in [1.82, 2.24) is 5.32 Å². The largest absolute Gasteiger partial charge is 0.449 e. The summed E-state index contributed by atoms with van der Waals surface area (Å²) in [4.78, 5) is 24.8. The van der Waals surface area contributed by atoms with Gasteiger partial charge in [0.2, 0.25) is 10.0 Å². The molecule has 1 saturated heterocycles. The van der Waals surface area contributed by atoms with Crippen molar-refractivity contribution in [3.63, 3.8) is 0 Å². The standard InChI is InChI=1S/C21H22Cl2N2O5S/c1-13(18-9-6-16(22)12-19(18)23)24-20(26)14(2)30-21(27)15-4-7-17(8-5-15)25-10-3-11-31(25,28)29/h4-9,12-14H,3,10-11H2,1-2H3,(H,24,26). The predicted octanol–water partition coefficient (Wildman–Crippen LogP) is 3.96. The molecule has 2 atom stereocenters. The molecule has 0 radical (unpaired) electrons. The number of benzene rings is 2. The molecule has 2 aromatic rings. The second-order valence-electron chi connectivity index (χ2n) is 7.23. The van der Waals surface area contributed by atoms with Gasteiger partial charge >= 0.3 is 5.97 Å². The van der Waals surface area contributed by atoms with Crippen LogP contribution in [0, 0.1) is 0 Å². The van der Waals surface area contributed by atoms with E-state index >= 15 is 0 Å². The van der Waals surface area contributed by atoms with Gasteiger partial charge in [0.25, 0.3) is 5.91 Å². The Labute approximate surface area is 191 Å². The van der Waals surface area contributed by atoms with Gasteiger partial charge < -0.3 is 10.1 Å². The van der Waals surface area contributed by atoms with Crippen LogP contribution in [0.5, 0.6) is 0 Å². The number of sulfonamides is 1. The summed E-state index contributed by atoms with van der Waals surface area (Å²) in [5.41, 5.74) is 1.40. The molecule has 7 nitrogen and oxygen atoms in total. The Hall–Kier alpha value is -2.29.